The zero-order valence-electron chi connectivity index (χ0n) is 13.9. The van der Waals surface area contributed by atoms with E-state index in [0.29, 0.717) is 23.2 Å². The highest BCUT2D eigenvalue weighted by atomic mass is 19.1. The van der Waals surface area contributed by atoms with Crippen LogP contribution in [0.4, 0.5) is 4.39 Å². The van der Waals surface area contributed by atoms with E-state index in [9.17, 15) is 9.18 Å². The molecule has 0 atom stereocenters. The van der Waals surface area contributed by atoms with Crippen LogP contribution in [0.2, 0.25) is 0 Å². The van der Waals surface area contributed by atoms with Gasteiger partial charge in [-0.3, -0.25) is 4.79 Å². The number of pyridine rings is 1. The van der Waals surface area contributed by atoms with Gasteiger partial charge in [0.15, 0.2) is 0 Å². The van der Waals surface area contributed by atoms with Gasteiger partial charge in [-0.25, -0.2) is 9.37 Å². The fraction of sp³-hybridized carbons (Fsp3) is 0.316. The molecule has 0 saturated heterocycles. The lowest BCUT2D eigenvalue weighted by Crippen LogP contribution is -2.28. The summed E-state index contributed by atoms with van der Waals surface area (Å²) in [4.78, 5) is 18.5. The van der Waals surface area contributed by atoms with Crippen LogP contribution in [0, 0.1) is 5.82 Å². The van der Waals surface area contributed by atoms with Gasteiger partial charge in [0.25, 0.3) is 5.91 Å². The van der Waals surface area contributed by atoms with Gasteiger partial charge in [-0.2, -0.15) is 0 Å². The quantitative estimate of drug-likeness (QED) is 0.723. The van der Waals surface area contributed by atoms with Gasteiger partial charge in [-0.1, -0.05) is 35.8 Å². The highest BCUT2D eigenvalue weighted by Gasteiger charge is 2.27. The van der Waals surface area contributed by atoms with E-state index in [1.54, 1.807) is 42.5 Å². The van der Waals surface area contributed by atoms with Gasteiger partial charge in [-0.05, 0) is 12.8 Å². The van der Waals surface area contributed by atoms with Gasteiger partial charge in [0, 0.05) is 29.3 Å². The lowest BCUT2D eigenvalue weighted by Gasteiger charge is -2.25. The van der Waals surface area contributed by atoms with Crippen LogP contribution in [0.15, 0.2) is 41.2 Å². The number of aromatic nitrogens is 2. The Morgan fingerprint density at radius 3 is 2.80 bits per heavy atom. The largest absolute Gasteiger partial charge is 0.364 e. The molecule has 0 bridgehead atoms. The minimum atomic E-state index is -0.430. The second-order valence-corrected chi connectivity index (χ2v) is 6.51. The van der Waals surface area contributed by atoms with Gasteiger partial charge in [0.05, 0.1) is 18.4 Å². The first-order valence-corrected chi connectivity index (χ1v) is 8.37. The number of carbonyl (C=O) groups excluding carboxylic acids is 1. The van der Waals surface area contributed by atoms with Crippen molar-refractivity contribution in [3.63, 3.8) is 0 Å². The zero-order chi connectivity index (χ0) is 17.4. The number of amides is 1. The van der Waals surface area contributed by atoms with E-state index in [4.69, 9.17) is 4.52 Å². The molecule has 0 unspecified atom stereocenters. The van der Waals surface area contributed by atoms with E-state index in [2.05, 4.69) is 10.1 Å². The molecule has 0 N–H and O–H groups in total. The molecule has 0 spiro atoms. The Morgan fingerprint density at radius 1 is 1.32 bits per heavy atom. The minimum absolute atomic E-state index is 0.251. The summed E-state index contributed by atoms with van der Waals surface area (Å²) in [5.74, 6) is -0.250. The molecule has 1 fully saturated rings. The van der Waals surface area contributed by atoms with Gasteiger partial charge >= 0.3 is 0 Å². The topological polar surface area (TPSA) is 59.2 Å². The van der Waals surface area contributed by atoms with Crippen molar-refractivity contribution >= 4 is 16.7 Å². The van der Waals surface area contributed by atoms with Crippen molar-refractivity contribution < 1.29 is 13.7 Å². The highest BCUT2D eigenvalue weighted by Crippen LogP contribution is 2.37. The summed E-state index contributed by atoms with van der Waals surface area (Å²) < 4.78 is 19.0. The second kappa shape index (κ2) is 6.27. The molecule has 4 rings (SSSR count). The van der Waals surface area contributed by atoms with Crippen molar-refractivity contribution in [3.05, 3.63) is 59.5 Å². The van der Waals surface area contributed by atoms with E-state index in [0.717, 1.165) is 30.3 Å². The molecule has 128 valence electrons. The Bertz CT molecular complexity index is 933. The van der Waals surface area contributed by atoms with Crippen molar-refractivity contribution in [1.29, 1.82) is 0 Å². The Hall–Kier alpha value is -2.76. The number of carbonyl (C=O) groups is 1. The molecule has 2 heterocycles. The van der Waals surface area contributed by atoms with Crippen LogP contribution in [-0.4, -0.2) is 28.0 Å². The molecule has 0 radical (unpaired) electrons. The van der Waals surface area contributed by atoms with E-state index >= 15 is 0 Å². The Morgan fingerprint density at radius 2 is 2.08 bits per heavy atom. The number of hydrogen-bond donors (Lipinski definition) is 0. The minimum Gasteiger partial charge on any atom is -0.364 e. The third-order valence-corrected chi connectivity index (χ3v) is 4.87. The van der Waals surface area contributed by atoms with Crippen molar-refractivity contribution in [2.24, 2.45) is 0 Å². The number of hydrogen-bond acceptors (Lipinski definition) is 4. The first-order valence-electron chi connectivity index (χ1n) is 8.37. The average molecular weight is 339 g/mol. The Kier molecular flexibility index (Phi) is 3.95. The average Bonchev–Trinajstić information content (AvgIpc) is 3.01. The molecule has 1 aliphatic carbocycles. The van der Waals surface area contributed by atoms with E-state index in [1.807, 2.05) is 0 Å². The van der Waals surface area contributed by atoms with Gasteiger partial charge < -0.3 is 9.42 Å². The first kappa shape index (κ1) is 15.7. The molecule has 5 nitrogen and oxygen atoms in total. The van der Waals surface area contributed by atoms with Gasteiger partial charge in [0.1, 0.15) is 17.8 Å². The van der Waals surface area contributed by atoms with Crippen LogP contribution >= 0.6 is 0 Å². The fourth-order valence-electron chi connectivity index (χ4n) is 3.24. The van der Waals surface area contributed by atoms with Crippen molar-refractivity contribution in [1.82, 2.24) is 15.0 Å². The Labute approximate surface area is 144 Å². The monoisotopic (exact) mass is 339 g/mol. The number of benzene rings is 1. The van der Waals surface area contributed by atoms with Crippen LogP contribution in [0.5, 0.6) is 0 Å². The third kappa shape index (κ3) is 2.77. The standard InChI is InChI=1S/C19H18FN3O2/c1-23(10-13-11-25-22-17(13)12-5-4-6-12)19(24)18-15-8-3-2-7-14(15)16(20)9-21-18/h2-3,7-9,11-12H,4-6,10H2,1H3. The molecular weight excluding hydrogens is 321 g/mol. The molecule has 0 aliphatic heterocycles. The number of nitrogens with zero attached hydrogens (tertiary/aromatic N) is 3. The van der Waals surface area contributed by atoms with E-state index in [1.165, 1.54) is 6.42 Å². The van der Waals surface area contributed by atoms with Gasteiger partial charge in [0.2, 0.25) is 0 Å². The van der Waals surface area contributed by atoms with Crippen LogP contribution in [0.1, 0.15) is 46.9 Å². The SMILES string of the molecule is CN(Cc1conc1C1CCC1)C(=O)c1ncc(F)c2ccccc12. The molecular formula is C19H18FN3O2. The lowest BCUT2D eigenvalue weighted by atomic mass is 9.81. The summed E-state index contributed by atoms with van der Waals surface area (Å²) in [5, 5.41) is 5.02. The molecule has 1 aliphatic rings. The highest BCUT2D eigenvalue weighted by molar-refractivity contribution is 6.05. The summed E-state index contributed by atoms with van der Waals surface area (Å²) in [7, 11) is 1.71. The normalized spacial score (nSPS) is 14.5. The molecule has 1 saturated carbocycles. The summed E-state index contributed by atoms with van der Waals surface area (Å²) >= 11 is 0. The molecule has 2 aromatic heterocycles. The van der Waals surface area contributed by atoms with Crippen LogP contribution in [0.3, 0.4) is 0 Å². The smallest absolute Gasteiger partial charge is 0.273 e. The third-order valence-electron chi connectivity index (χ3n) is 4.87. The maximum Gasteiger partial charge on any atom is 0.273 e. The fourth-order valence-corrected chi connectivity index (χ4v) is 3.24. The second-order valence-electron chi connectivity index (χ2n) is 6.51. The van der Waals surface area contributed by atoms with Crippen molar-refractivity contribution in [2.45, 2.75) is 31.7 Å². The van der Waals surface area contributed by atoms with Gasteiger partial charge in [-0.15, -0.1) is 0 Å². The number of fused-ring (bicyclic) bond motifs is 1. The predicted octanol–water partition coefficient (Wildman–Crippen LogP) is 3.90. The zero-order valence-corrected chi connectivity index (χ0v) is 13.9. The van der Waals surface area contributed by atoms with E-state index < -0.39 is 5.82 Å². The molecule has 25 heavy (non-hydrogen) atoms. The predicted molar refractivity (Wildman–Crippen MR) is 90.6 cm³/mol. The first-order chi connectivity index (χ1) is 12.1. The molecule has 1 aromatic carbocycles. The van der Waals surface area contributed by atoms with Crippen LogP contribution in [0.25, 0.3) is 10.8 Å². The number of halogens is 1. The lowest BCUT2D eigenvalue weighted by molar-refractivity contribution is 0.0780. The summed E-state index contributed by atoms with van der Waals surface area (Å²) in [6.45, 7) is 0.390. The van der Waals surface area contributed by atoms with Crippen molar-refractivity contribution in [3.8, 4) is 0 Å². The summed E-state index contributed by atoms with van der Waals surface area (Å²) in [5.41, 5.74) is 2.12. The maximum atomic E-state index is 13.9. The van der Waals surface area contributed by atoms with Crippen molar-refractivity contribution in [2.75, 3.05) is 7.05 Å². The van der Waals surface area contributed by atoms with Crippen LogP contribution in [-0.2, 0) is 6.54 Å². The van der Waals surface area contributed by atoms with Crippen LogP contribution < -0.4 is 0 Å². The summed E-state index contributed by atoms with van der Waals surface area (Å²) in [6.07, 6.45) is 6.14. The molecule has 1 amide bonds. The summed E-state index contributed by atoms with van der Waals surface area (Å²) in [6, 6.07) is 6.88. The maximum absolute atomic E-state index is 13.9. The molecule has 6 heteroatoms. The van der Waals surface area contributed by atoms with E-state index in [-0.39, 0.29) is 11.6 Å². The molecule has 3 aromatic rings. The number of rotatable bonds is 4. The Balaban J connectivity index is 1.61.